The lowest BCUT2D eigenvalue weighted by molar-refractivity contribution is -0.122. The van der Waals surface area contributed by atoms with E-state index in [0.717, 1.165) is 16.1 Å². The van der Waals surface area contributed by atoms with Crippen LogP contribution in [0.5, 0.6) is 5.75 Å². The van der Waals surface area contributed by atoms with E-state index in [2.05, 4.69) is 27.6 Å². The van der Waals surface area contributed by atoms with Crippen molar-refractivity contribution >= 4 is 22.4 Å². The maximum atomic E-state index is 12.5. The Kier molecular flexibility index (Phi) is 6.20. The molecular weight excluding hydrogens is 382 g/mol. The van der Waals surface area contributed by atoms with Gasteiger partial charge >= 0.3 is 0 Å². The van der Waals surface area contributed by atoms with Crippen LogP contribution in [0.15, 0.2) is 54.6 Å². The van der Waals surface area contributed by atoms with Gasteiger partial charge in [-0.15, -0.1) is 10.2 Å². The van der Waals surface area contributed by atoms with Gasteiger partial charge in [-0.3, -0.25) is 10.1 Å². The maximum absolute atomic E-state index is 12.5. The van der Waals surface area contributed by atoms with Crippen LogP contribution in [0.2, 0.25) is 0 Å². The zero-order valence-electron chi connectivity index (χ0n) is 16.5. The molecule has 6 heteroatoms. The topological polar surface area (TPSA) is 64.1 Å². The highest BCUT2D eigenvalue weighted by Gasteiger charge is 2.21. The Labute approximate surface area is 175 Å². The standard InChI is InChI=1S/C23H25N3O2S/c1-16(28-20-14-12-18(13-15-20)17-8-4-2-5-9-17)21(27)24-23-26-25-22(29-23)19-10-6-3-7-11-19/h2,4-5,8-9,12-16,19H,3,6-7,10-11H2,1H3,(H,24,26,27)/t16-/m1/s1. The Morgan fingerprint density at radius 3 is 2.41 bits per heavy atom. The monoisotopic (exact) mass is 407 g/mol. The van der Waals surface area contributed by atoms with Crippen LogP contribution in [0.4, 0.5) is 5.13 Å². The van der Waals surface area contributed by atoms with Crippen molar-refractivity contribution in [3.05, 3.63) is 59.6 Å². The molecule has 0 aliphatic heterocycles. The zero-order chi connectivity index (χ0) is 20.1. The number of carbonyl (C=O) groups excluding carboxylic acids is 1. The minimum absolute atomic E-state index is 0.219. The molecule has 0 radical (unpaired) electrons. The van der Waals surface area contributed by atoms with Crippen molar-refractivity contribution in [2.45, 2.75) is 51.0 Å². The van der Waals surface area contributed by atoms with Gasteiger partial charge in [0.1, 0.15) is 10.8 Å². The first-order valence-electron chi connectivity index (χ1n) is 10.2. The number of anilines is 1. The third-order valence-corrected chi connectivity index (χ3v) is 6.27. The van der Waals surface area contributed by atoms with E-state index >= 15 is 0 Å². The lowest BCUT2D eigenvalue weighted by Gasteiger charge is -2.18. The van der Waals surface area contributed by atoms with E-state index < -0.39 is 6.10 Å². The highest BCUT2D eigenvalue weighted by atomic mass is 32.1. The first-order valence-corrected chi connectivity index (χ1v) is 11.0. The Hall–Kier alpha value is -2.73. The molecule has 1 aliphatic rings. The number of hydrogen-bond donors (Lipinski definition) is 1. The summed E-state index contributed by atoms with van der Waals surface area (Å²) in [6.45, 7) is 1.74. The summed E-state index contributed by atoms with van der Waals surface area (Å²) in [6, 6.07) is 17.9. The van der Waals surface area contributed by atoms with E-state index in [1.807, 2.05) is 42.5 Å². The van der Waals surface area contributed by atoms with Gasteiger partial charge in [0.25, 0.3) is 5.91 Å². The van der Waals surface area contributed by atoms with Gasteiger partial charge in [-0.1, -0.05) is 73.1 Å². The number of nitrogens with one attached hydrogen (secondary N) is 1. The van der Waals surface area contributed by atoms with E-state index in [1.54, 1.807) is 6.92 Å². The fraction of sp³-hybridized carbons (Fsp3) is 0.348. The van der Waals surface area contributed by atoms with Crippen LogP contribution < -0.4 is 10.1 Å². The van der Waals surface area contributed by atoms with Gasteiger partial charge in [0.05, 0.1) is 0 Å². The van der Waals surface area contributed by atoms with Crippen LogP contribution in [-0.4, -0.2) is 22.2 Å². The van der Waals surface area contributed by atoms with Crippen molar-refractivity contribution in [3.63, 3.8) is 0 Å². The number of carbonyl (C=O) groups is 1. The SMILES string of the molecule is C[C@@H](Oc1ccc(-c2ccccc2)cc1)C(=O)Nc1nnc(C2CCCCC2)s1. The van der Waals surface area contributed by atoms with Crippen LogP contribution in [-0.2, 0) is 4.79 Å². The van der Waals surface area contributed by atoms with Crippen LogP contribution in [0, 0.1) is 0 Å². The summed E-state index contributed by atoms with van der Waals surface area (Å²) in [5.74, 6) is 0.930. The predicted molar refractivity (Wildman–Crippen MR) is 116 cm³/mol. The second-order valence-corrected chi connectivity index (χ2v) is 8.43. The van der Waals surface area contributed by atoms with Crippen molar-refractivity contribution in [1.29, 1.82) is 0 Å². The summed E-state index contributed by atoms with van der Waals surface area (Å²) < 4.78 is 5.81. The minimum atomic E-state index is -0.625. The number of ether oxygens (including phenoxy) is 1. The summed E-state index contributed by atoms with van der Waals surface area (Å²) in [6.07, 6.45) is 5.52. The van der Waals surface area contributed by atoms with Gasteiger partial charge < -0.3 is 4.74 Å². The van der Waals surface area contributed by atoms with Crippen LogP contribution >= 0.6 is 11.3 Å². The molecule has 0 spiro atoms. The van der Waals surface area contributed by atoms with Crippen molar-refractivity contribution in [1.82, 2.24) is 10.2 Å². The van der Waals surface area contributed by atoms with E-state index in [-0.39, 0.29) is 5.91 Å². The van der Waals surface area contributed by atoms with Gasteiger partial charge in [-0.25, -0.2) is 0 Å². The molecule has 29 heavy (non-hydrogen) atoms. The van der Waals surface area contributed by atoms with Gasteiger partial charge in [-0.2, -0.15) is 0 Å². The molecule has 1 saturated carbocycles. The Morgan fingerprint density at radius 1 is 1.00 bits per heavy atom. The highest BCUT2D eigenvalue weighted by molar-refractivity contribution is 7.15. The highest BCUT2D eigenvalue weighted by Crippen LogP contribution is 2.35. The summed E-state index contributed by atoms with van der Waals surface area (Å²) in [7, 11) is 0. The van der Waals surface area contributed by atoms with Crippen molar-refractivity contribution in [2.24, 2.45) is 0 Å². The van der Waals surface area contributed by atoms with E-state index in [0.29, 0.717) is 16.8 Å². The normalized spacial score (nSPS) is 15.6. The van der Waals surface area contributed by atoms with Crippen molar-refractivity contribution in [3.8, 4) is 16.9 Å². The molecule has 1 aromatic heterocycles. The van der Waals surface area contributed by atoms with Crippen LogP contribution in [0.1, 0.15) is 50.0 Å². The smallest absolute Gasteiger partial charge is 0.266 e. The molecule has 2 aromatic carbocycles. The average molecular weight is 408 g/mol. The van der Waals surface area contributed by atoms with E-state index in [1.165, 1.54) is 43.4 Å². The molecule has 0 bridgehead atoms. The quantitative estimate of drug-likeness (QED) is 0.573. The second kappa shape index (κ2) is 9.18. The molecule has 1 fully saturated rings. The number of aromatic nitrogens is 2. The summed E-state index contributed by atoms with van der Waals surface area (Å²) >= 11 is 1.48. The molecule has 4 rings (SSSR count). The third kappa shape index (κ3) is 5.01. The fourth-order valence-electron chi connectivity index (χ4n) is 3.62. The lowest BCUT2D eigenvalue weighted by atomic mass is 9.90. The largest absolute Gasteiger partial charge is 0.481 e. The summed E-state index contributed by atoms with van der Waals surface area (Å²) in [5.41, 5.74) is 2.26. The van der Waals surface area contributed by atoms with Crippen molar-refractivity contribution in [2.75, 3.05) is 5.32 Å². The van der Waals surface area contributed by atoms with Gasteiger partial charge in [-0.05, 0) is 43.0 Å². The van der Waals surface area contributed by atoms with Gasteiger partial charge in [0.2, 0.25) is 5.13 Å². The van der Waals surface area contributed by atoms with Crippen LogP contribution in [0.3, 0.4) is 0 Å². The second-order valence-electron chi connectivity index (χ2n) is 7.42. The Balaban J connectivity index is 1.33. The molecule has 1 heterocycles. The van der Waals surface area contributed by atoms with E-state index in [9.17, 15) is 4.79 Å². The molecular formula is C23H25N3O2S. The van der Waals surface area contributed by atoms with Crippen LogP contribution in [0.25, 0.3) is 11.1 Å². The zero-order valence-corrected chi connectivity index (χ0v) is 17.3. The molecule has 150 valence electrons. The summed E-state index contributed by atoms with van der Waals surface area (Å²) in [4.78, 5) is 12.5. The summed E-state index contributed by atoms with van der Waals surface area (Å²) in [5, 5.41) is 12.9. The lowest BCUT2D eigenvalue weighted by Crippen LogP contribution is -2.30. The fourth-order valence-corrected chi connectivity index (χ4v) is 4.54. The first kappa shape index (κ1) is 19.6. The van der Waals surface area contributed by atoms with E-state index in [4.69, 9.17) is 4.74 Å². The molecule has 3 aromatic rings. The third-order valence-electron chi connectivity index (χ3n) is 5.27. The molecule has 1 aliphatic carbocycles. The number of nitrogens with zero attached hydrogens (tertiary/aromatic N) is 2. The van der Waals surface area contributed by atoms with Gasteiger partial charge in [0, 0.05) is 5.92 Å². The molecule has 0 unspecified atom stereocenters. The number of hydrogen-bond acceptors (Lipinski definition) is 5. The molecule has 1 N–H and O–H groups in total. The maximum Gasteiger partial charge on any atom is 0.266 e. The Bertz CT molecular complexity index is 934. The van der Waals surface area contributed by atoms with Gasteiger partial charge in [0.15, 0.2) is 6.10 Å². The number of amides is 1. The predicted octanol–water partition coefficient (Wildman–Crippen LogP) is 5.66. The number of rotatable bonds is 6. The molecule has 1 atom stereocenters. The Morgan fingerprint density at radius 2 is 1.69 bits per heavy atom. The average Bonchev–Trinajstić information content (AvgIpc) is 3.24. The molecule has 1 amide bonds. The molecule has 0 saturated heterocycles. The number of benzene rings is 2. The molecule has 5 nitrogen and oxygen atoms in total. The first-order chi connectivity index (χ1) is 14.2. The minimum Gasteiger partial charge on any atom is -0.481 e. The van der Waals surface area contributed by atoms with Crippen molar-refractivity contribution < 1.29 is 9.53 Å².